The maximum Gasteiger partial charge on any atom is 0.490 e. The molecule has 32 heavy (non-hydrogen) atoms. The zero-order valence-electron chi connectivity index (χ0n) is 16.7. The molecule has 4 saturated carbocycles. The Kier molecular flexibility index (Phi) is 4.38. The van der Waals surface area contributed by atoms with E-state index in [-0.39, 0.29) is 11.8 Å². The maximum absolute atomic E-state index is 14.2. The SMILES string of the molecule is O=C(Nc1cc(C(F)(F)F)ccc1F)C12CC3CC(C1)CC(n1cnc([N+](=O)[O-])n1)(C3)C2. The van der Waals surface area contributed by atoms with Gasteiger partial charge in [0.15, 0.2) is 0 Å². The highest BCUT2D eigenvalue weighted by Gasteiger charge is 2.62. The number of benzene rings is 1. The van der Waals surface area contributed by atoms with Crippen molar-refractivity contribution in [3.63, 3.8) is 0 Å². The number of rotatable bonds is 4. The van der Waals surface area contributed by atoms with Crippen molar-refractivity contribution >= 4 is 17.5 Å². The summed E-state index contributed by atoms with van der Waals surface area (Å²) in [4.78, 5) is 27.5. The molecule has 1 heterocycles. The largest absolute Gasteiger partial charge is 0.490 e. The van der Waals surface area contributed by atoms with E-state index in [4.69, 9.17) is 0 Å². The van der Waals surface area contributed by atoms with Crippen LogP contribution in [0.4, 0.5) is 29.2 Å². The van der Waals surface area contributed by atoms with Crippen LogP contribution in [0.25, 0.3) is 0 Å². The van der Waals surface area contributed by atoms with E-state index in [1.54, 1.807) is 0 Å². The Labute approximate surface area is 179 Å². The summed E-state index contributed by atoms with van der Waals surface area (Å²) in [5, 5.41) is 17.5. The summed E-state index contributed by atoms with van der Waals surface area (Å²) in [6.07, 6.45) is 0.325. The average molecular weight is 453 g/mol. The van der Waals surface area contributed by atoms with Crippen molar-refractivity contribution in [1.29, 1.82) is 0 Å². The first-order chi connectivity index (χ1) is 15.0. The van der Waals surface area contributed by atoms with Crippen molar-refractivity contribution in [2.45, 2.75) is 50.2 Å². The minimum atomic E-state index is -4.67. The number of alkyl halides is 3. The fourth-order valence-electron chi connectivity index (χ4n) is 6.37. The van der Waals surface area contributed by atoms with Crippen LogP contribution in [0.5, 0.6) is 0 Å². The average Bonchev–Trinajstić information content (AvgIpc) is 3.19. The molecule has 2 atom stereocenters. The Bertz CT molecular complexity index is 1100. The molecule has 1 aromatic carbocycles. The Hall–Kier alpha value is -3.05. The van der Waals surface area contributed by atoms with Gasteiger partial charge in [-0.05, 0) is 73.5 Å². The van der Waals surface area contributed by atoms with Gasteiger partial charge in [-0.1, -0.05) is 4.98 Å². The molecule has 4 aliphatic rings. The van der Waals surface area contributed by atoms with Crippen LogP contribution in [0.15, 0.2) is 24.5 Å². The van der Waals surface area contributed by atoms with E-state index in [2.05, 4.69) is 15.4 Å². The number of aromatic nitrogens is 3. The van der Waals surface area contributed by atoms with Gasteiger partial charge in [0.25, 0.3) is 0 Å². The molecule has 0 radical (unpaired) electrons. The minimum absolute atomic E-state index is 0.164. The molecule has 2 unspecified atom stereocenters. The zero-order valence-corrected chi connectivity index (χ0v) is 16.7. The van der Waals surface area contributed by atoms with E-state index in [9.17, 15) is 32.5 Å². The first kappa shape index (κ1) is 20.8. The smallest absolute Gasteiger partial charge is 0.390 e. The van der Waals surface area contributed by atoms with Crippen molar-refractivity contribution in [1.82, 2.24) is 14.8 Å². The number of halogens is 4. The third-order valence-corrected chi connectivity index (χ3v) is 7.18. The second-order valence-corrected chi connectivity index (χ2v) is 9.36. The summed E-state index contributed by atoms with van der Waals surface area (Å²) >= 11 is 0. The molecule has 0 saturated heterocycles. The number of nitro groups is 1. The zero-order chi connectivity index (χ0) is 22.9. The van der Waals surface area contributed by atoms with Crippen LogP contribution in [0, 0.1) is 33.2 Å². The van der Waals surface area contributed by atoms with Gasteiger partial charge in [0.1, 0.15) is 5.82 Å². The second-order valence-electron chi connectivity index (χ2n) is 9.36. The highest BCUT2D eigenvalue weighted by Crippen LogP contribution is 2.64. The molecule has 4 fully saturated rings. The first-order valence-corrected chi connectivity index (χ1v) is 10.2. The van der Waals surface area contributed by atoms with Crippen molar-refractivity contribution in [3.05, 3.63) is 46.0 Å². The molecular formula is C20H19F4N5O3. The lowest BCUT2D eigenvalue weighted by Crippen LogP contribution is -2.60. The normalized spacial score (nSPS) is 31.0. The lowest BCUT2D eigenvalue weighted by molar-refractivity contribution is -0.394. The van der Waals surface area contributed by atoms with Crippen LogP contribution in [0.2, 0.25) is 0 Å². The van der Waals surface area contributed by atoms with Gasteiger partial charge in [0.05, 0.1) is 22.2 Å². The maximum atomic E-state index is 14.2. The van der Waals surface area contributed by atoms with Crippen LogP contribution in [0.1, 0.15) is 44.1 Å². The predicted octanol–water partition coefficient (Wildman–Crippen LogP) is 4.28. The summed E-state index contributed by atoms with van der Waals surface area (Å²) in [6, 6.07) is 1.92. The molecule has 6 rings (SSSR count). The van der Waals surface area contributed by atoms with Gasteiger partial charge in [-0.3, -0.25) is 4.79 Å². The molecule has 8 nitrogen and oxygen atoms in total. The molecule has 170 valence electrons. The van der Waals surface area contributed by atoms with Gasteiger partial charge in [-0.15, -0.1) is 0 Å². The third-order valence-electron chi connectivity index (χ3n) is 7.18. The number of nitrogens with zero attached hydrogens (tertiary/aromatic N) is 4. The molecule has 1 amide bonds. The fourth-order valence-corrected chi connectivity index (χ4v) is 6.37. The van der Waals surface area contributed by atoms with Gasteiger partial charge in [-0.25, -0.2) is 4.39 Å². The van der Waals surface area contributed by atoms with E-state index in [1.165, 1.54) is 11.0 Å². The third kappa shape index (κ3) is 3.23. The lowest BCUT2D eigenvalue weighted by atomic mass is 9.46. The molecule has 0 spiro atoms. The molecule has 1 N–H and O–H groups in total. The quantitative estimate of drug-likeness (QED) is 0.423. The first-order valence-electron chi connectivity index (χ1n) is 10.2. The van der Waals surface area contributed by atoms with Crippen molar-refractivity contribution in [3.8, 4) is 0 Å². The van der Waals surface area contributed by atoms with Crippen molar-refractivity contribution in [2.75, 3.05) is 5.32 Å². The van der Waals surface area contributed by atoms with Gasteiger partial charge in [-0.2, -0.15) is 17.9 Å². The summed E-state index contributed by atoms with van der Waals surface area (Å²) in [5.74, 6) is -1.67. The van der Waals surface area contributed by atoms with Crippen LogP contribution in [-0.2, 0) is 16.5 Å². The van der Waals surface area contributed by atoms with Crippen LogP contribution in [0.3, 0.4) is 0 Å². The molecule has 1 aromatic heterocycles. The molecule has 12 heteroatoms. The topological polar surface area (TPSA) is 103 Å². The van der Waals surface area contributed by atoms with E-state index in [0.717, 1.165) is 6.42 Å². The standard InChI is InChI=1S/C20H19F4N5O3/c21-14-2-1-13(20(22,23)24)4-15(14)26-16(30)18-5-11-3-12(6-18)8-19(7-11,9-18)28-10-25-17(27-28)29(31)32/h1-2,4,10-12H,3,5-9H2,(H,26,30). The number of anilines is 1. The number of carbonyl (C=O) groups is 1. The van der Waals surface area contributed by atoms with Gasteiger partial charge in [0.2, 0.25) is 12.2 Å². The number of amides is 1. The van der Waals surface area contributed by atoms with E-state index < -0.39 is 51.0 Å². The van der Waals surface area contributed by atoms with Gasteiger partial charge < -0.3 is 15.4 Å². The van der Waals surface area contributed by atoms with Crippen LogP contribution < -0.4 is 5.32 Å². The molecule has 0 aliphatic heterocycles. The van der Waals surface area contributed by atoms with E-state index in [0.29, 0.717) is 50.3 Å². The number of nitrogens with one attached hydrogen (secondary N) is 1. The molecule has 2 aromatic rings. The molecular weight excluding hydrogens is 434 g/mol. The highest BCUT2D eigenvalue weighted by molar-refractivity contribution is 5.96. The second kappa shape index (κ2) is 6.72. The summed E-state index contributed by atoms with van der Waals surface area (Å²) in [5.41, 5.74) is -3.10. The summed E-state index contributed by atoms with van der Waals surface area (Å²) < 4.78 is 54.9. The lowest BCUT2D eigenvalue weighted by Gasteiger charge is -2.60. The Balaban J connectivity index is 1.46. The Morgan fingerprint density at radius 1 is 1.22 bits per heavy atom. The number of hydrogen-bond donors (Lipinski definition) is 1. The Morgan fingerprint density at radius 2 is 1.91 bits per heavy atom. The summed E-state index contributed by atoms with van der Waals surface area (Å²) in [6.45, 7) is 0. The summed E-state index contributed by atoms with van der Waals surface area (Å²) in [7, 11) is 0. The molecule has 4 aliphatic carbocycles. The number of carbonyl (C=O) groups excluding carboxylic acids is 1. The number of hydrogen-bond acceptors (Lipinski definition) is 5. The van der Waals surface area contributed by atoms with Gasteiger partial charge >= 0.3 is 12.1 Å². The molecule has 4 bridgehead atoms. The van der Waals surface area contributed by atoms with Crippen molar-refractivity contribution < 1.29 is 27.3 Å². The minimum Gasteiger partial charge on any atom is -0.390 e. The highest BCUT2D eigenvalue weighted by atomic mass is 19.4. The fraction of sp³-hybridized carbons (Fsp3) is 0.550. The van der Waals surface area contributed by atoms with Crippen LogP contribution >= 0.6 is 0 Å². The van der Waals surface area contributed by atoms with E-state index in [1.807, 2.05) is 0 Å². The van der Waals surface area contributed by atoms with Crippen molar-refractivity contribution in [2.24, 2.45) is 17.3 Å². The Morgan fingerprint density at radius 3 is 2.50 bits per heavy atom. The monoisotopic (exact) mass is 453 g/mol. The van der Waals surface area contributed by atoms with Gasteiger partial charge in [0, 0.05) is 5.10 Å². The predicted molar refractivity (Wildman–Crippen MR) is 102 cm³/mol. The van der Waals surface area contributed by atoms with Crippen LogP contribution in [-0.4, -0.2) is 25.6 Å². The van der Waals surface area contributed by atoms with E-state index >= 15 is 0 Å².